The lowest BCUT2D eigenvalue weighted by molar-refractivity contribution is 0.337. The highest BCUT2D eigenvalue weighted by Crippen LogP contribution is 2.17. The van der Waals surface area contributed by atoms with Gasteiger partial charge in [-0.05, 0) is 38.0 Å². The van der Waals surface area contributed by atoms with Gasteiger partial charge in [0.05, 0.1) is 6.61 Å². The smallest absolute Gasteiger partial charge is 0.130 e. The quantitative estimate of drug-likeness (QED) is 0.627. The van der Waals surface area contributed by atoms with E-state index in [1.807, 2.05) is 19.9 Å². The highest BCUT2D eigenvalue weighted by molar-refractivity contribution is 5.34. The van der Waals surface area contributed by atoms with Crippen LogP contribution in [0.5, 0.6) is 5.75 Å². The Hall–Kier alpha value is -0.980. The monoisotopic (exact) mass is 149 g/mol. The van der Waals surface area contributed by atoms with Crippen LogP contribution >= 0.6 is 0 Å². The van der Waals surface area contributed by atoms with E-state index < -0.39 is 0 Å². The van der Waals surface area contributed by atoms with Crippen LogP contribution in [-0.4, -0.2) is 6.61 Å². The van der Waals surface area contributed by atoms with E-state index in [1.54, 1.807) is 0 Å². The van der Waals surface area contributed by atoms with Crippen molar-refractivity contribution >= 4 is 0 Å². The van der Waals surface area contributed by atoms with E-state index in [1.165, 1.54) is 5.56 Å². The van der Waals surface area contributed by atoms with Crippen molar-refractivity contribution in [2.24, 2.45) is 0 Å². The molecule has 0 amide bonds. The summed E-state index contributed by atoms with van der Waals surface area (Å²) in [5.74, 6) is 0.873. The van der Waals surface area contributed by atoms with Crippen LogP contribution in [0.3, 0.4) is 0 Å². The predicted molar refractivity (Wildman–Crippen MR) is 45.9 cm³/mol. The summed E-state index contributed by atoms with van der Waals surface area (Å²) in [7, 11) is 0. The number of ether oxygens (including phenoxy) is 1. The molecule has 0 aliphatic carbocycles. The van der Waals surface area contributed by atoms with Gasteiger partial charge >= 0.3 is 0 Å². The maximum absolute atomic E-state index is 5.34. The molecule has 59 valence electrons. The first-order chi connectivity index (χ1) is 5.24. The lowest BCUT2D eigenvalue weighted by Crippen LogP contribution is -1.93. The second kappa shape index (κ2) is 3.42. The third-order valence-electron chi connectivity index (χ3n) is 1.52. The molecule has 0 spiro atoms. The Morgan fingerprint density at radius 2 is 2.18 bits per heavy atom. The minimum Gasteiger partial charge on any atom is -0.493 e. The molecule has 1 aromatic rings. The summed E-state index contributed by atoms with van der Waals surface area (Å²) in [5.41, 5.74) is 2.39. The van der Waals surface area contributed by atoms with Gasteiger partial charge in [-0.2, -0.15) is 0 Å². The summed E-state index contributed by atoms with van der Waals surface area (Å²) < 4.78 is 5.34. The summed E-state index contributed by atoms with van der Waals surface area (Å²) in [5, 5.41) is 0. The van der Waals surface area contributed by atoms with Crippen molar-refractivity contribution in [2.75, 3.05) is 6.61 Å². The van der Waals surface area contributed by atoms with E-state index in [-0.39, 0.29) is 0 Å². The fraction of sp³-hybridized carbons (Fsp3) is 0.400. The van der Waals surface area contributed by atoms with Gasteiger partial charge in [0, 0.05) is 6.07 Å². The van der Waals surface area contributed by atoms with Crippen LogP contribution in [0.4, 0.5) is 0 Å². The number of hydrogen-bond acceptors (Lipinski definition) is 1. The molecule has 0 aliphatic rings. The Bertz CT molecular complexity index is 241. The topological polar surface area (TPSA) is 9.23 Å². The van der Waals surface area contributed by atoms with E-state index in [9.17, 15) is 0 Å². The molecule has 0 N–H and O–H groups in total. The molecule has 1 aromatic carbocycles. The van der Waals surface area contributed by atoms with E-state index in [0.717, 1.165) is 11.3 Å². The first-order valence-corrected chi connectivity index (χ1v) is 3.85. The number of benzene rings is 1. The van der Waals surface area contributed by atoms with Crippen LogP contribution in [0.25, 0.3) is 0 Å². The van der Waals surface area contributed by atoms with Gasteiger partial charge in [-0.3, -0.25) is 0 Å². The fourth-order valence-corrected chi connectivity index (χ4v) is 1.04. The summed E-state index contributed by atoms with van der Waals surface area (Å²) in [6, 6.07) is 7.12. The third kappa shape index (κ3) is 1.97. The van der Waals surface area contributed by atoms with E-state index in [0.29, 0.717) is 6.61 Å². The van der Waals surface area contributed by atoms with Crippen molar-refractivity contribution in [3.63, 3.8) is 0 Å². The highest BCUT2D eigenvalue weighted by atomic mass is 16.5. The largest absolute Gasteiger partial charge is 0.493 e. The molecule has 0 bridgehead atoms. The van der Waals surface area contributed by atoms with Gasteiger partial charge < -0.3 is 4.74 Å². The van der Waals surface area contributed by atoms with Crippen molar-refractivity contribution in [1.29, 1.82) is 0 Å². The average molecular weight is 149 g/mol. The molecule has 0 aromatic heterocycles. The molecule has 0 unspecified atom stereocenters. The van der Waals surface area contributed by atoms with Crippen molar-refractivity contribution < 1.29 is 4.74 Å². The summed E-state index contributed by atoms with van der Waals surface area (Å²) in [6.45, 7) is 6.78. The molecule has 0 aliphatic heterocycles. The van der Waals surface area contributed by atoms with Gasteiger partial charge in [-0.1, -0.05) is 6.07 Å². The Morgan fingerprint density at radius 3 is 2.73 bits per heavy atom. The van der Waals surface area contributed by atoms with Crippen LogP contribution < -0.4 is 4.74 Å². The molecule has 1 rings (SSSR count). The zero-order valence-electron chi connectivity index (χ0n) is 7.27. The molecular weight excluding hydrogens is 136 g/mol. The average Bonchev–Trinajstić information content (AvgIpc) is 1.95. The molecule has 0 saturated heterocycles. The molecule has 0 saturated carbocycles. The van der Waals surface area contributed by atoms with Gasteiger partial charge in [0.15, 0.2) is 0 Å². The molecule has 11 heavy (non-hydrogen) atoms. The Balaban J connectivity index is 2.90. The lowest BCUT2D eigenvalue weighted by atomic mass is 10.1. The van der Waals surface area contributed by atoms with Crippen LogP contribution in [0.1, 0.15) is 18.1 Å². The molecule has 0 atom stereocenters. The molecule has 0 heterocycles. The predicted octanol–water partition coefficient (Wildman–Crippen LogP) is 2.50. The molecule has 1 nitrogen and oxygen atoms in total. The van der Waals surface area contributed by atoms with Crippen LogP contribution in [0.15, 0.2) is 12.1 Å². The summed E-state index contributed by atoms with van der Waals surface area (Å²) in [4.78, 5) is 0. The maximum atomic E-state index is 5.34. The van der Waals surface area contributed by atoms with Crippen molar-refractivity contribution in [2.45, 2.75) is 20.8 Å². The van der Waals surface area contributed by atoms with Crippen molar-refractivity contribution in [3.05, 3.63) is 29.3 Å². The van der Waals surface area contributed by atoms with Gasteiger partial charge in [-0.15, -0.1) is 0 Å². The van der Waals surface area contributed by atoms with Gasteiger partial charge in [-0.25, -0.2) is 0 Å². The summed E-state index contributed by atoms with van der Waals surface area (Å²) >= 11 is 0. The lowest BCUT2D eigenvalue weighted by Gasteiger charge is -2.05. The minimum absolute atomic E-state index is 0.709. The standard InChI is InChI=1S/C10H13O/c1-4-11-10-6-5-8(2)7-9(10)3/h5,7H,4H2,1-3H3. The first kappa shape index (κ1) is 8.12. The van der Waals surface area contributed by atoms with Gasteiger partial charge in [0.25, 0.3) is 0 Å². The van der Waals surface area contributed by atoms with Gasteiger partial charge in [0.2, 0.25) is 0 Å². The zero-order valence-corrected chi connectivity index (χ0v) is 7.27. The first-order valence-electron chi connectivity index (χ1n) is 3.85. The van der Waals surface area contributed by atoms with E-state index in [4.69, 9.17) is 4.74 Å². The van der Waals surface area contributed by atoms with E-state index in [2.05, 4.69) is 19.1 Å². The maximum Gasteiger partial charge on any atom is 0.130 e. The SMILES string of the molecule is CCOc1[c]cc(C)cc1C. The molecular formula is C10H13O. The van der Waals surface area contributed by atoms with Crippen LogP contribution in [0.2, 0.25) is 0 Å². The second-order valence-electron chi connectivity index (χ2n) is 2.62. The Labute approximate surface area is 68.0 Å². The number of rotatable bonds is 2. The van der Waals surface area contributed by atoms with Gasteiger partial charge in [0.1, 0.15) is 5.75 Å². The zero-order chi connectivity index (χ0) is 8.27. The fourth-order valence-electron chi connectivity index (χ4n) is 1.04. The van der Waals surface area contributed by atoms with E-state index >= 15 is 0 Å². The number of hydrogen-bond donors (Lipinski definition) is 0. The Kier molecular flexibility index (Phi) is 2.53. The highest BCUT2D eigenvalue weighted by Gasteiger charge is 1.97. The molecule has 1 heteroatoms. The Morgan fingerprint density at radius 1 is 1.45 bits per heavy atom. The minimum atomic E-state index is 0.709. The summed E-state index contributed by atoms with van der Waals surface area (Å²) in [6.07, 6.45) is 0. The molecule has 0 fully saturated rings. The van der Waals surface area contributed by atoms with Crippen LogP contribution in [0, 0.1) is 19.9 Å². The molecule has 1 radical (unpaired) electrons. The van der Waals surface area contributed by atoms with Crippen LogP contribution in [-0.2, 0) is 0 Å². The third-order valence-corrected chi connectivity index (χ3v) is 1.52. The normalized spacial score (nSPS) is 9.73. The van der Waals surface area contributed by atoms with Crippen molar-refractivity contribution in [1.82, 2.24) is 0 Å². The second-order valence-corrected chi connectivity index (χ2v) is 2.62. The number of aryl methyl sites for hydroxylation is 2. The van der Waals surface area contributed by atoms with Crippen molar-refractivity contribution in [3.8, 4) is 5.75 Å².